The lowest BCUT2D eigenvalue weighted by Crippen LogP contribution is -2.20. The van der Waals surface area contributed by atoms with Crippen molar-refractivity contribution < 1.29 is 4.74 Å². The van der Waals surface area contributed by atoms with E-state index in [4.69, 9.17) is 4.74 Å². The zero-order chi connectivity index (χ0) is 9.45. The minimum Gasteiger partial charge on any atom is -0.378 e. The van der Waals surface area contributed by atoms with Crippen LogP contribution in [0.25, 0.3) is 0 Å². The van der Waals surface area contributed by atoms with Gasteiger partial charge in [-0.2, -0.15) is 0 Å². The maximum Gasteiger partial charge on any atom is 0.0657 e. The molecule has 0 aromatic heterocycles. The molecule has 0 rings (SSSR count). The first-order valence-corrected chi connectivity index (χ1v) is 3.95. The van der Waals surface area contributed by atoms with E-state index in [0.717, 1.165) is 6.42 Å². The summed E-state index contributed by atoms with van der Waals surface area (Å²) in [6, 6.07) is 0. The predicted molar refractivity (Wildman–Crippen MR) is 53.5 cm³/mol. The molecule has 2 nitrogen and oxygen atoms in total. The molecule has 0 atom stereocenters. The average molecular weight is 167 g/mol. The zero-order valence-electron chi connectivity index (χ0n) is 8.08. The number of nitrogens with zero attached hydrogens (tertiary/aromatic N) is 1. The number of hydrogen-bond donors (Lipinski definition) is 0. The van der Waals surface area contributed by atoms with E-state index in [1.165, 1.54) is 0 Å². The SMILES string of the molecule is C=N/C=C\C=C/CC(C)(C)OC. The van der Waals surface area contributed by atoms with E-state index in [1.807, 2.05) is 32.1 Å². The van der Waals surface area contributed by atoms with Crippen molar-refractivity contribution in [1.29, 1.82) is 0 Å². The van der Waals surface area contributed by atoms with Gasteiger partial charge >= 0.3 is 0 Å². The van der Waals surface area contributed by atoms with E-state index in [1.54, 1.807) is 13.3 Å². The van der Waals surface area contributed by atoms with Gasteiger partial charge in [-0.1, -0.05) is 12.2 Å². The molecular formula is C10H17NO. The van der Waals surface area contributed by atoms with Gasteiger partial charge in [0.2, 0.25) is 0 Å². The van der Waals surface area contributed by atoms with Crippen LogP contribution in [0.4, 0.5) is 0 Å². The molecule has 12 heavy (non-hydrogen) atoms. The Morgan fingerprint density at radius 1 is 1.42 bits per heavy atom. The van der Waals surface area contributed by atoms with Crippen LogP contribution in [0.2, 0.25) is 0 Å². The van der Waals surface area contributed by atoms with Gasteiger partial charge in [0.05, 0.1) is 5.60 Å². The second-order valence-electron chi connectivity index (χ2n) is 3.12. The van der Waals surface area contributed by atoms with Crippen molar-refractivity contribution in [3.05, 3.63) is 24.4 Å². The minimum atomic E-state index is -0.0774. The molecule has 0 unspecified atom stereocenters. The van der Waals surface area contributed by atoms with Crippen LogP contribution in [0, 0.1) is 0 Å². The molecule has 0 heterocycles. The van der Waals surface area contributed by atoms with Crippen LogP contribution in [0.15, 0.2) is 29.4 Å². The van der Waals surface area contributed by atoms with Gasteiger partial charge in [0.25, 0.3) is 0 Å². The first kappa shape index (κ1) is 11.1. The average Bonchev–Trinajstić information content (AvgIpc) is 2.04. The Labute approximate surface area is 74.7 Å². The number of methoxy groups -OCH3 is 1. The molecule has 0 saturated heterocycles. The Morgan fingerprint density at radius 2 is 2.08 bits per heavy atom. The number of aliphatic imine (C=N–C) groups is 1. The molecule has 0 fully saturated rings. The Morgan fingerprint density at radius 3 is 2.58 bits per heavy atom. The smallest absolute Gasteiger partial charge is 0.0657 e. The van der Waals surface area contributed by atoms with Crippen LogP contribution < -0.4 is 0 Å². The molecule has 0 bridgehead atoms. The molecule has 0 N–H and O–H groups in total. The van der Waals surface area contributed by atoms with Gasteiger partial charge in [0.1, 0.15) is 0 Å². The van der Waals surface area contributed by atoms with Gasteiger partial charge < -0.3 is 4.74 Å². The lowest BCUT2D eigenvalue weighted by atomic mass is 10.1. The molecule has 68 valence electrons. The summed E-state index contributed by atoms with van der Waals surface area (Å²) in [6.45, 7) is 7.42. The molecule has 0 aliphatic heterocycles. The second kappa shape index (κ2) is 5.72. The minimum absolute atomic E-state index is 0.0774. The highest BCUT2D eigenvalue weighted by Gasteiger charge is 2.12. The lowest BCUT2D eigenvalue weighted by Gasteiger charge is -2.20. The van der Waals surface area contributed by atoms with E-state index in [2.05, 4.69) is 11.7 Å². The van der Waals surface area contributed by atoms with Crippen molar-refractivity contribution in [3.63, 3.8) is 0 Å². The van der Waals surface area contributed by atoms with Crippen LogP contribution in [0.1, 0.15) is 20.3 Å². The molecule has 0 saturated carbocycles. The third-order valence-electron chi connectivity index (χ3n) is 1.60. The second-order valence-corrected chi connectivity index (χ2v) is 3.12. The van der Waals surface area contributed by atoms with Crippen molar-refractivity contribution in [2.75, 3.05) is 7.11 Å². The van der Waals surface area contributed by atoms with Gasteiger partial charge in [0, 0.05) is 13.3 Å². The van der Waals surface area contributed by atoms with Gasteiger partial charge in [-0.3, -0.25) is 4.99 Å². The summed E-state index contributed by atoms with van der Waals surface area (Å²) in [5, 5.41) is 0. The molecule has 0 aliphatic rings. The van der Waals surface area contributed by atoms with E-state index in [0.29, 0.717) is 0 Å². The van der Waals surface area contributed by atoms with Crippen molar-refractivity contribution in [3.8, 4) is 0 Å². The first-order valence-electron chi connectivity index (χ1n) is 3.95. The van der Waals surface area contributed by atoms with Crippen LogP contribution in [-0.2, 0) is 4.74 Å². The largest absolute Gasteiger partial charge is 0.378 e. The third kappa shape index (κ3) is 5.86. The maximum atomic E-state index is 5.23. The molecule has 0 aromatic rings. The summed E-state index contributed by atoms with van der Waals surface area (Å²) in [6.07, 6.45) is 8.38. The summed E-state index contributed by atoms with van der Waals surface area (Å²) in [5.41, 5.74) is -0.0774. The zero-order valence-corrected chi connectivity index (χ0v) is 8.08. The summed E-state index contributed by atoms with van der Waals surface area (Å²) in [4.78, 5) is 3.58. The van der Waals surface area contributed by atoms with Crippen LogP contribution >= 0.6 is 0 Å². The van der Waals surface area contributed by atoms with Crippen molar-refractivity contribution in [1.82, 2.24) is 0 Å². The molecule has 0 aromatic carbocycles. The summed E-state index contributed by atoms with van der Waals surface area (Å²) in [7, 11) is 1.72. The fraction of sp³-hybridized carbons (Fsp3) is 0.500. The highest BCUT2D eigenvalue weighted by molar-refractivity contribution is 5.26. The number of ether oxygens (including phenoxy) is 1. The van der Waals surface area contributed by atoms with Crippen LogP contribution in [0.3, 0.4) is 0 Å². The Bertz CT molecular complexity index is 180. The first-order chi connectivity index (χ1) is 5.62. The molecule has 0 amide bonds. The quantitative estimate of drug-likeness (QED) is 0.455. The molecule has 0 radical (unpaired) electrons. The van der Waals surface area contributed by atoms with Gasteiger partial charge in [-0.25, -0.2) is 0 Å². The fourth-order valence-corrected chi connectivity index (χ4v) is 0.624. The summed E-state index contributed by atoms with van der Waals surface area (Å²) >= 11 is 0. The fourth-order valence-electron chi connectivity index (χ4n) is 0.624. The number of hydrogen-bond acceptors (Lipinski definition) is 2. The molecule has 2 heteroatoms. The summed E-state index contributed by atoms with van der Waals surface area (Å²) in [5.74, 6) is 0. The third-order valence-corrected chi connectivity index (χ3v) is 1.60. The van der Waals surface area contributed by atoms with E-state index in [-0.39, 0.29) is 5.60 Å². The standard InChI is InChI=1S/C10H17NO/c1-10(2,12-4)8-6-5-7-9-11-3/h5-7,9H,3,8H2,1-2,4H3/b6-5-,9-7-. The maximum absolute atomic E-state index is 5.23. The molecular weight excluding hydrogens is 150 g/mol. The highest BCUT2D eigenvalue weighted by Crippen LogP contribution is 2.12. The highest BCUT2D eigenvalue weighted by atomic mass is 16.5. The van der Waals surface area contributed by atoms with Crippen molar-refractivity contribution >= 4 is 6.72 Å². The monoisotopic (exact) mass is 167 g/mol. The van der Waals surface area contributed by atoms with Crippen LogP contribution in [-0.4, -0.2) is 19.4 Å². The van der Waals surface area contributed by atoms with Crippen molar-refractivity contribution in [2.24, 2.45) is 4.99 Å². The van der Waals surface area contributed by atoms with Crippen LogP contribution in [0.5, 0.6) is 0 Å². The predicted octanol–water partition coefficient (Wildman–Crippen LogP) is 2.57. The Kier molecular flexibility index (Phi) is 5.30. The summed E-state index contributed by atoms with van der Waals surface area (Å²) < 4.78 is 5.23. The normalized spacial score (nSPS) is 12.9. The van der Waals surface area contributed by atoms with Gasteiger partial charge in [0.15, 0.2) is 0 Å². The van der Waals surface area contributed by atoms with E-state index >= 15 is 0 Å². The molecule has 0 aliphatic carbocycles. The van der Waals surface area contributed by atoms with E-state index in [9.17, 15) is 0 Å². The topological polar surface area (TPSA) is 21.6 Å². The molecule has 0 spiro atoms. The van der Waals surface area contributed by atoms with Gasteiger partial charge in [-0.05, 0) is 33.1 Å². The Hall–Kier alpha value is -0.890. The lowest BCUT2D eigenvalue weighted by molar-refractivity contribution is 0.0255. The number of allylic oxidation sites excluding steroid dienone is 2. The van der Waals surface area contributed by atoms with E-state index < -0.39 is 0 Å². The van der Waals surface area contributed by atoms with Crippen molar-refractivity contribution in [2.45, 2.75) is 25.9 Å². The Balaban J connectivity index is 3.73. The van der Waals surface area contributed by atoms with Gasteiger partial charge in [-0.15, -0.1) is 0 Å². The number of rotatable bonds is 5.